The van der Waals surface area contributed by atoms with Gasteiger partial charge in [0.1, 0.15) is 0 Å². The van der Waals surface area contributed by atoms with Crippen LogP contribution >= 0.6 is 0 Å². The molecule has 4 aliphatic rings. The molecule has 0 spiro atoms. The number of likely N-dealkylation sites (tertiary alicyclic amines) is 1. The Kier molecular flexibility index (Phi) is 11.1. The van der Waals surface area contributed by atoms with Crippen molar-refractivity contribution < 1.29 is 26.0 Å². The molecule has 2 N–H and O–H groups in total. The van der Waals surface area contributed by atoms with Crippen LogP contribution in [0.1, 0.15) is 94.2 Å². The fourth-order valence-corrected chi connectivity index (χ4v) is 8.58. The van der Waals surface area contributed by atoms with E-state index in [2.05, 4.69) is 20.4 Å². The number of rotatable bonds is 7. The van der Waals surface area contributed by atoms with Crippen LogP contribution in [0.2, 0.25) is 0 Å². The number of hydrogen-bond acceptors (Lipinski definition) is 6. The van der Waals surface area contributed by atoms with Gasteiger partial charge in [-0.3, -0.25) is 20.4 Å². The second-order valence-corrected chi connectivity index (χ2v) is 15.1. The van der Waals surface area contributed by atoms with Gasteiger partial charge in [-0.15, -0.1) is 0 Å². The zero-order valence-corrected chi connectivity index (χ0v) is 26.2. The van der Waals surface area contributed by atoms with E-state index in [0.29, 0.717) is 32.8 Å². The molecular formula is C31H49F4N5O2S. The molecule has 1 aromatic rings. The Hall–Kier alpha value is -1.31. The summed E-state index contributed by atoms with van der Waals surface area (Å²) in [6.45, 7) is 2.85. The van der Waals surface area contributed by atoms with E-state index < -0.39 is 40.3 Å². The lowest BCUT2D eigenvalue weighted by molar-refractivity contribution is -0.137. The minimum Gasteiger partial charge on any atom is -0.299 e. The van der Waals surface area contributed by atoms with Gasteiger partial charge < -0.3 is 0 Å². The highest BCUT2D eigenvalue weighted by Gasteiger charge is 2.46. The van der Waals surface area contributed by atoms with Crippen LogP contribution in [0.4, 0.5) is 17.6 Å². The molecule has 1 aliphatic carbocycles. The van der Waals surface area contributed by atoms with Gasteiger partial charge in [-0.1, -0.05) is 50.7 Å². The minimum absolute atomic E-state index is 0.143. The highest BCUT2D eigenvalue weighted by Crippen LogP contribution is 2.38. The third-order valence-electron chi connectivity index (χ3n) is 10.2. The average molecular weight is 632 g/mol. The van der Waals surface area contributed by atoms with Crippen LogP contribution in [0, 0.1) is 5.92 Å². The van der Waals surface area contributed by atoms with Gasteiger partial charge in [-0.2, -0.15) is 13.2 Å². The molecule has 0 radical (unpaired) electrons. The van der Waals surface area contributed by atoms with E-state index in [4.69, 9.17) is 0 Å². The molecular weight excluding hydrogens is 582 g/mol. The van der Waals surface area contributed by atoms with Crippen LogP contribution < -0.4 is 10.6 Å². The molecule has 3 heterocycles. The second kappa shape index (κ2) is 14.4. The van der Waals surface area contributed by atoms with Gasteiger partial charge in [0.15, 0.2) is 6.17 Å². The minimum atomic E-state index is -4.39. The van der Waals surface area contributed by atoms with E-state index >= 15 is 4.39 Å². The topological polar surface area (TPSA) is 67.9 Å². The van der Waals surface area contributed by atoms with Gasteiger partial charge in [0, 0.05) is 31.7 Å². The SMILES string of the molecule is CS(=O)(=O)N1CCC(CNC2C(F)C(N3CCC[C@@H]3c3ccc(C(F)(F)F)cc3)NCN2C2CCCCCCCC2)CC1. The zero-order valence-electron chi connectivity index (χ0n) is 25.4. The fourth-order valence-electron chi connectivity index (χ4n) is 7.70. The number of benzene rings is 1. The molecule has 0 bridgehead atoms. The van der Waals surface area contributed by atoms with E-state index in [9.17, 15) is 21.6 Å². The summed E-state index contributed by atoms with van der Waals surface area (Å²) < 4.78 is 81.9. The Bertz CT molecular complexity index is 1120. The Labute approximate surface area is 254 Å². The van der Waals surface area contributed by atoms with E-state index in [1.165, 1.54) is 36.2 Å². The van der Waals surface area contributed by atoms with Crippen LogP contribution in [-0.2, 0) is 16.2 Å². The smallest absolute Gasteiger partial charge is 0.299 e. The number of sulfonamides is 1. The molecule has 3 aliphatic heterocycles. The Morgan fingerprint density at radius 3 is 2.09 bits per heavy atom. The summed E-state index contributed by atoms with van der Waals surface area (Å²) in [5, 5.41) is 7.14. The Morgan fingerprint density at radius 2 is 1.49 bits per heavy atom. The van der Waals surface area contributed by atoms with Crippen molar-refractivity contribution in [3.63, 3.8) is 0 Å². The largest absolute Gasteiger partial charge is 0.416 e. The van der Waals surface area contributed by atoms with E-state index in [-0.39, 0.29) is 18.0 Å². The normalized spacial score (nSPS) is 30.6. The van der Waals surface area contributed by atoms with Gasteiger partial charge in [-0.05, 0) is 68.7 Å². The number of halogens is 4. The predicted octanol–water partition coefficient (Wildman–Crippen LogP) is 5.46. The molecule has 4 atom stereocenters. The Morgan fingerprint density at radius 1 is 0.860 bits per heavy atom. The van der Waals surface area contributed by atoms with E-state index in [1.807, 2.05) is 0 Å². The van der Waals surface area contributed by atoms with E-state index in [1.54, 1.807) is 12.1 Å². The summed E-state index contributed by atoms with van der Waals surface area (Å²) in [6, 6.07) is 5.49. The molecule has 7 nitrogen and oxygen atoms in total. The first kappa shape index (κ1) is 33.1. The molecule has 12 heteroatoms. The summed E-state index contributed by atoms with van der Waals surface area (Å²) in [4.78, 5) is 4.41. The molecule has 1 saturated carbocycles. The van der Waals surface area contributed by atoms with Crippen LogP contribution in [0.3, 0.4) is 0 Å². The molecule has 4 fully saturated rings. The first-order valence-corrected chi connectivity index (χ1v) is 18.1. The fraction of sp³-hybridized carbons (Fsp3) is 0.806. The summed E-state index contributed by atoms with van der Waals surface area (Å²) >= 11 is 0. The van der Waals surface area contributed by atoms with Gasteiger partial charge >= 0.3 is 6.18 Å². The summed E-state index contributed by atoms with van der Waals surface area (Å²) in [5.74, 6) is 0.271. The first-order chi connectivity index (χ1) is 20.5. The number of hydrogen-bond donors (Lipinski definition) is 2. The molecule has 244 valence electrons. The van der Waals surface area contributed by atoms with E-state index in [0.717, 1.165) is 69.1 Å². The van der Waals surface area contributed by atoms with Crippen molar-refractivity contribution in [2.45, 2.75) is 114 Å². The van der Waals surface area contributed by atoms with Crippen molar-refractivity contribution in [1.29, 1.82) is 0 Å². The second-order valence-electron chi connectivity index (χ2n) is 13.1. The first-order valence-electron chi connectivity index (χ1n) is 16.3. The number of piperidine rings is 1. The van der Waals surface area contributed by atoms with Gasteiger partial charge in [-0.25, -0.2) is 17.1 Å². The van der Waals surface area contributed by atoms with Crippen molar-refractivity contribution in [2.24, 2.45) is 5.92 Å². The number of nitrogens with one attached hydrogen (secondary N) is 2. The highest BCUT2D eigenvalue weighted by atomic mass is 32.2. The van der Waals surface area contributed by atoms with Crippen LogP contribution in [-0.4, -0.2) is 86.2 Å². The lowest BCUT2D eigenvalue weighted by atomic mass is 9.96. The van der Waals surface area contributed by atoms with Crippen LogP contribution in [0.5, 0.6) is 0 Å². The predicted molar refractivity (Wildman–Crippen MR) is 160 cm³/mol. The monoisotopic (exact) mass is 631 g/mol. The molecule has 3 saturated heterocycles. The van der Waals surface area contributed by atoms with Gasteiger partial charge in [0.05, 0.1) is 30.8 Å². The standard InChI is InChI=1S/C31H49F4N5O2S/c1-43(41,42)38-19-16-23(17-20-38)21-36-29-28(32)30(37-22-40(29)26-9-6-4-2-3-5-7-10-26)39-18-8-11-27(39)24-12-14-25(15-13-24)31(33,34)35/h12-15,23,26-30,36-37H,2-11,16-22H2,1H3/t27-,28?,29?,30?/m1/s1. The Balaban J connectivity index is 1.31. The number of nitrogens with zero attached hydrogens (tertiary/aromatic N) is 3. The van der Waals surface area contributed by atoms with Crippen molar-refractivity contribution in [3.05, 3.63) is 35.4 Å². The molecule has 0 amide bonds. The third-order valence-corrected chi connectivity index (χ3v) is 11.5. The lowest BCUT2D eigenvalue weighted by Crippen LogP contribution is -2.71. The maximum atomic E-state index is 16.9. The van der Waals surface area contributed by atoms with Crippen molar-refractivity contribution >= 4 is 10.0 Å². The highest BCUT2D eigenvalue weighted by molar-refractivity contribution is 7.88. The van der Waals surface area contributed by atoms with Crippen molar-refractivity contribution in [1.82, 2.24) is 24.7 Å². The lowest BCUT2D eigenvalue weighted by Gasteiger charge is -2.50. The van der Waals surface area contributed by atoms with Crippen molar-refractivity contribution in [3.8, 4) is 0 Å². The van der Waals surface area contributed by atoms with Gasteiger partial charge in [0.2, 0.25) is 10.0 Å². The summed E-state index contributed by atoms with van der Waals surface area (Å²) in [5.41, 5.74) is 0.123. The molecule has 3 unspecified atom stereocenters. The quantitative estimate of drug-likeness (QED) is 0.390. The maximum absolute atomic E-state index is 16.9. The van der Waals surface area contributed by atoms with Crippen molar-refractivity contribution in [2.75, 3.05) is 39.1 Å². The molecule has 43 heavy (non-hydrogen) atoms. The third kappa shape index (κ3) is 8.30. The van der Waals surface area contributed by atoms with Gasteiger partial charge in [0.25, 0.3) is 0 Å². The molecule has 1 aromatic carbocycles. The van der Waals surface area contributed by atoms with Crippen LogP contribution in [0.25, 0.3) is 0 Å². The summed E-state index contributed by atoms with van der Waals surface area (Å²) in [7, 11) is -3.21. The molecule has 5 rings (SSSR count). The maximum Gasteiger partial charge on any atom is 0.416 e. The number of alkyl halides is 4. The average Bonchev–Trinajstić information content (AvgIpc) is 3.50. The van der Waals surface area contributed by atoms with Crippen LogP contribution in [0.15, 0.2) is 24.3 Å². The zero-order chi connectivity index (χ0) is 30.6. The molecule has 0 aromatic heterocycles. The summed E-state index contributed by atoms with van der Waals surface area (Å²) in [6.07, 6.45) is 7.01.